The Kier molecular flexibility index (Phi) is 2.50. The van der Waals surface area contributed by atoms with Crippen molar-refractivity contribution in [1.29, 1.82) is 0 Å². The van der Waals surface area contributed by atoms with E-state index in [1.54, 1.807) is 12.3 Å². The lowest BCUT2D eigenvalue weighted by molar-refractivity contribution is 0.318. The quantitative estimate of drug-likeness (QED) is 0.321. The molecule has 0 radical (unpaired) electrons. The number of oxime groups is 1. The maximum absolute atomic E-state index is 8.46. The van der Waals surface area contributed by atoms with Gasteiger partial charge < -0.3 is 10.9 Å². The van der Waals surface area contributed by atoms with Crippen LogP contribution in [-0.2, 0) is 0 Å². The minimum atomic E-state index is -0.133. The number of aryl methyl sites for hydroxylation is 1. The second kappa shape index (κ2) is 3.97. The van der Waals surface area contributed by atoms with Crippen LogP contribution in [-0.4, -0.2) is 30.8 Å². The molecule has 0 fully saturated rings. The van der Waals surface area contributed by atoms with Crippen LogP contribution in [0.4, 0.5) is 0 Å². The molecule has 82 valence electrons. The van der Waals surface area contributed by atoms with Gasteiger partial charge in [0.05, 0.1) is 0 Å². The van der Waals surface area contributed by atoms with E-state index in [1.807, 2.05) is 13.0 Å². The third kappa shape index (κ3) is 1.83. The van der Waals surface area contributed by atoms with E-state index in [-0.39, 0.29) is 11.7 Å². The molecule has 0 saturated heterocycles. The van der Waals surface area contributed by atoms with E-state index in [9.17, 15) is 0 Å². The standard InChI is InChI=1S/C9H10N6O/c1-6-2-3-7(11-4-6)15-5-12-9(13-15)8(10)14-16/h2-5,16H,1H3,(H2,10,14). The fourth-order valence-corrected chi connectivity index (χ4v) is 1.13. The summed E-state index contributed by atoms with van der Waals surface area (Å²) in [6, 6.07) is 3.72. The Balaban J connectivity index is 2.35. The average Bonchev–Trinajstić information content (AvgIpc) is 2.78. The molecule has 2 rings (SSSR count). The number of nitrogens with zero attached hydrogens (tertiary/aromatic N) is 5. The molecule has 0 atom stereocenters. The minimum Gasteiger partial charge on any atom is -0.409 e. The van der Waals surface area contributed by atoms with E-state index in [0.29, 0.717) is 5.82 Å². The summed E-state index contributed by atoms with van der Waals surface area (Å²) in [5.41, 5.74) is 6.41. The van der Waals surface area contributed by atoms with Crippen molar-refractivity contribution in [3.8, 4) is 5.82 Å². The van der Waals surface area contributed by atoms with Gasteiger partial charge in [0.15, 0.2) is 5.82 Å². The fourth-order valence-electron chi connectivity index (χ4n) is 1.13. The molecule has 3 N–H and O–H groups in total. The number of aromatic nitrogens is 4. The number of hydrogen-bond acceptors (Lipinski definition) is 5. The first-order chi connectivity index (χ1) is 7.70. The van der Waals surface area contributed by atoms with Gasteiger partial charge in [-0.15, -0.1) is 5.10 Å². The van der Waals surface area contributed by atoms with Crippen LogP contribution < -0.4 is 5.73 Å². The lowest BCUT2D eigenvalue weighted by Crippen LogP contribution is -2.15. The lowest BCUT2D eigenvalue weighted by atomic mass is 10.3. The SMILES string of the molecule is Cc1ccc(-n2cnc(C(N)=NO)n2)nc1. The van der Waals surface area contributed by atoms with Crippen LogP contribution in [0.5, 0.6) is 0 Å². The predicted octanol–water partition coefficient (Wildman–Crippen LogP) is 0.0652. The van der Waals surface area contributed by atoms with Crippen molar-refractivity contribution in [2.24, 2.45) is 10.9 Å². The number of hydrogen-bond donors (Lipinski definition) is 2. The van der Waals surface area contributed by atoms with Gasteiger partial charge in [0.25, 0.3) is 0 Å². The van der Waals surface area contributed by atoms with Crippen molar-refractivity contribution >= 4 is 5.84 Å². The van der Waals surface area contributed by atoms with Crippen molar-refractivity contribution in [2.45, 2.75) is 6.92 Å². The summed E-state index contributed by atoms with van der Waals surface area (Å²) >= 11 is 0. The number of pyridine rings is 1. The predicted molar refractivity (Wildman–Crippen MR) is 56.4 cm³/mol. The van der Waals surface area contributed by atoms with E-state index in [4.69, 9.17) is 10.9 Å². The Bertz CT molecular complexity index is 515. The highest BCUT2D eigenvalue weighted by Crippen LogP contribution is 2.03. The van der Waals surface area contributed by atoms with Gasteiger partial charge in [0.1, 0.15) is 6.33 Å². The zero-order valence-corrected chi connectivity index (χ0v) is 8.57. The van der Waals surface area contributed by atoms with Gasteiger partial charge in [-0.3, -0.25) is 0 Å². The molecule has 7 heteroatoms. The monoisotopic (exact) mass is 218 g/mol. The molecule has 2 aromatic heterocycles. The number of rotatable bonds is 2. The molecular weight excluding hydrogens is 208 g/mol. The first-order valence-electron chi connectivity index (χ1n) is 4.53. The summed E-state index contributed by atoms with van der Waals surface area (Å²) in [7, 11) is 0. The molecule has 2 heterocycles. The van der Waals surface area contributed by atoms with Crippen LogP contribution in [0.25, 0.3) is 5.82 Å². The summed E-state index contributed by atoms with van der Waals surface area (Å²) in [5.74, 6) is 0.644. The van der Waals surface area contributed by atoms with Crippen LogP contribution in [0.1, 0.15) is 11.4 Å². The molecule has 0 saturated carbocycles. The number of nitrogens with two attached hydrogens (primary N) is 1. The molecule has 0 aliphatic heterocycles. The zero-order valence-electron chi connectivity index (χ0n) is 8.57. The minimum absolute atomic E-state index is 0.133. The zero-order chi connectivity index (χ0) is 11.5. The van der Waals surface area contributed by atoms with E-state index < -0.39 is 0 Å². The topological polar surface area (TPSA) is 102 Å². The van der Waals surface area contributed by atoms with Crippen molar-refractivity contribution in [3.05, 3.63) is 36.0 Å². The Morgan fingerprint density at radius 2 is 2.25 bits per heavy atom. The van der Waals surface area contributed by atoms with Gasteiger partial charge in [0.2, 0.25) is 11.7 Å². The van der Waals surface area contributed by atoms with Crippen molar-refractivity contribution < 1.29 is 5.21 Å². The first-order valence-corrected chi connectivity index (χ1v) is 4.53. The largest absolute Gasteiger partial charge is 0.409 e. The van der Waals surface area contributed by atoms with Crippen molar-refractivity contribution in [3.63, 3.8) is 0 Å². The Hall–Kier alpha value is -2.44. The van der Waals surface area contributed by atoms with Crippen molar-refractivity contribution in [2.75, 3.05) is 0 Å². The smallest absolute Gasteiger partial charge is 0.220 e. The Labute approximate surface area is 91.2 Å². The molecule has 0 bridgehead atoms. The second-order valence-corrected chi connectivity index (χ2v) is 3.19. The van der Waals surface area contributed by atoms with E-state index in [0.717, 1.165) is 5.56 Å². The second-order valence-electron chi connectivity index (χ2n) is 3.19. The first kappa shape index (κ1) is 10.1. The van der Waals surface area contributed by atoms with Gasteiger partial charge in [-0.25, -0.2) is 14.6 Å². The van der Waals surface area contributed by atoms with Gasteiger partial charge >= 0.3 is 0 Å². The van der Waals surface area contributed by atoms with Crippen molar-refractivity contribution in [1.82, 2.24) is 19.7 Å². The van der Waals surface area contributed by atoms with Crippen LogP contribution >= 0.6 is 0 Å². The average molecular weight is 218 g/mol. The molecule has 0 spiro atoms. The van der Waals surface area contributed by atoms with Crippen LogP contribution in [0.2, 0.25) is 0 Å². The maximum atomic E-state index is 8.46. The molecule has 0 unspecified atom stereocenters. The summed E-state index contributed by atoms with van der Waals surface area (Å²) < 4.78 is 1.45. The summed E-state index contributed by atoms with van der Waals surface area (Å²) in [5, 5.41) is 15.3. The van der Waals surface area contributed by atoms with E-state index in [2.05, 4.69) is 20.2 Å². The molecule has 2 aromatic rings. The summed E-state index contributed by atoms with van der Waals surface area (Å²) in [6.45, 7) is 1.94. The number of amidine groups is 1. The Morgan fingerprint density at radius 1 is 1.44 bits per heavy atom. The van der Waals surface area contributed by atoms with E-state index in [1.165, 1.54) is 11.0 Å². The molecule has 0 aliphatic carbocycles. The lowest BCUT2D eigenvalue weighted by Gasteiger charge is -1.98. The maximum Gasteiger partial charge on any atom is 0.220 e. The normalized spacial score (nSPS) is 11.7. The fraction of sp³-hybridized carbons (Fsp3) is 0.111. The molecular formula is C9H10N6O. The third-order valence-corrected chi connectivity index (χ3v) is 1.96. The molecule has 0 amide bonds. The molecule has 0 aromatic carbocycles. The van der Waals surface area contributed by atoms with Crippen LogP contribution in [0.15, 0.2) is 29.8 Å². The molecule has 7 nitrogen and oxygen atoms in total. The third-order valence-electron chi connectivity index (χ3n) is 1.96. The van der Waals surface area contributed by atoms with Gasteiger partial charge in [0, 0.05) is 6.20 Å². The van der Waals surface area contributed by atoms with Crippen LogP contribution in [0.3, 0.4) is 0 Å². The molecule has 0 aliphatic rings. The van der Waals surface area contributed by atoms with Crippen LogP contribution in [0, 0.1) is 6.92 Å². The summed E-state index contributed by atoms with van der Waals surface area (Å²) in [4.78, 5) is 8.05. The van der Waals surface area contributed by atoms with Gasteiger partial charge in [-0.05, 0) is 18.6 Å². The highest BCUT2D eigenvalue weighted by atomic mass is 16.4. The van der Waals surface area contributed by atoms with Gasteiger partial charge in [-0.1, -0.05) is 11.2 Å². The Morgan fingerprint density at radius 3 is 2.88 bits per heavy atom. The van der Waals surface area contributed by atoms with Gasteiger partial charge in [-0.2, -0.15) is 0 Å². The van der Waals surface area contributed by atoms with E-state index >= 15 is 0 Å². The highest BCUT2D eigenvalue weighted by Gasteiger charge is 2.07. The molecule has 16 heavy (non-hydrogen) atoms. The highest BCUT2D eigenvalue weighted by molar-refractivity contribution is 5.93. The summed E-state index contributed by atoms with van der Waals surface area (Å²) in [6.07, 6.45) is 3.17.